The summed E-state index contributed by atoms with van der Waals surface area (Å²) in [6.45, 7) is 0.256. The molecule has 0 aliphatic rings. The number of nitrogens with zero attached hydrogens (tertiary/aromatic N) is 1. The van der Waals surface area contributed by atoms with E-state index in [2.05, 4.69) is 5.32 Å². The second-order valence-corrected chi connectivity index (χ2v) is 4.81. The van der Waals surface area contributed by atoms with Gasteiger partial charge >= 0.3 is 6.09 Å². The van der Waals surface area contributed by atoms with Crippen LogP contribution in [-0.4, -0.2) is 17.6 Å². The van der Waals surface area contributed by atoms with Crippen LogP contribution >= 0.6 is 0 Å². The monoisotopic (exact) mass is 330 g/mol. The Hall–Kier alpha value is -3.22. The molecule has 0 heterocycles. The molecule has 0 aromatic heterocycles. The molecule has 0 bridgehead atoms. The number of nitrogens with one attached hydrogen (secondary N) is 1. The van der Waals surface area contributed by atoms with Crippen molar-refractivity contribution in [3.05, 3.63) is 81.7 Å². The van der Waals surface area contributed by atoms with Crippen LogP contribution in [0.3, 0.4) is 0 Å². The standard InChI is InChI=1S/C17H15FN2O4/c18-16-9-8-15(20(22)23)11-14(16)7-4-10-19-17(21)24-12-13-5-2-1-3-6-13/h1-9,11H,10,12H2,(H,19,21). The molecule has 2 aromatic carbocycles. The molecule has 124 valence electrons. The minimum absolute atomic E-state index is 0.0728. The number of halogens is 1. The number of nitro groups is 1. The van der Waals surface area contributed by atoms with Gasteiger partial charge in [-0.15, -0.1) is 0 Å². The lowest BCUT2D eigenvalue weighted by Gasteiger charge is -2.05. The molecule has 7 heteroatoms. The number of alkyl carbamates (subject to hydrolysis) is 1. The van der Waals surface area contributed by atoms with Crippen molar-refractivity contribution in [2.24, 2.45) is 0 Å². The average Bonchev–Trinajstić information content (AvgIpc) is 2.59. The van der Waals surface area contributed by atoms with Crippen molar-refractivity contribution in [2.45, 2.75) is 6.61 Å². The molecule has 2 rings (SSSR count). The van der Waals surface area contributed by atoms with E-state index >= 15 is 0 Å². The number of hydrogen-bond donors (Lipinski definition) is 1. The first kappa shape index (κ1) is 17.1. The van der Waals surface area contributed by atoms with E-state index in [1.54, 1.807) is 0 Å². The Bertz CT molecular complexity index is 748. The van der Waals surface area contributed by atoms with Gasteiger partial charge < -0.3 is 10.1 Å². The number of benzene rings is 2. The van der Waals surface area contributed by atoms with Crippen molar-refractivity contribution < 1.29 is 18.8 Å². The number of rotatable bonds is 6. The van der Waals surface area contributed by atoms with Crippen LogP contribution in [0.15, 0.2) is 54.6 Å². The van der Waals surface area contributed by atoms with Crippen LogP contribution in [0.4, 0.5) is 14.9 Å². The molecule has 24 heavy (non-hydrogen) atoms. The summed E-state index contributed by atoms with van der Waals surface area (Å²) in [5, 5.41) is 13.1. The molecule has 6 nitrogen and oxygen atoms in total. The Balaban J connectivity index is 1.81. The summed E-state index contributed by atoms with van der Waals surface area (Å²) in [7, 11) is 0. The van der Waals surface area contributed by atoms with Crippen LogP contribution in [0.25, 0.3) is 6.08 Å². The predicted octanol–water partition coefficient (Wildman–Crippen LogP) is 3.67. The van der Waals surface area contributed by atoms with E-state index in [1.165, 1.54) is 12.2 Å². The third kappa shape index (κ3) is 5.20. The Morgan fingerprint density at radius 3 is 2.71 bits per heavy atom. The second-order valence-electron chi connectivity index (χ2n) is 4.81. The normalized spacial score (nSPS) is 10.5. The van der Waals surface area contributed by atoms with Crippen molar-refractivity contribution >= 4 is 17.9 Å². The van der Waals surface area contributed by atoms with E-state index in [9.17, 15) is 19.3 Å². The van der Waals surface area contributed by atoms with E-state index in [0.29, 0.717) is 0 Å². The van der Waals surface area contributed by atoms with Gasteiger partial charge in [-0.1, -0.05) is 42.5 Å². The third-order valence-electron chi connectivity index (χ3n) is 3.06. The molecule has 2 aromatic rings. The lowest BCUT2D eigenvalue weighted by atomic mass is 10.2. The largest absolute Gasteiger partial charge is 0.445 e. The molecule has 0 aliphatic heterocycles. The Labute approximate surface area is 137 Å². The highest BCUT2D eigenvalue weighted by molar-refractivity contribution is 5.67. The van der Waals surface area contributed by atoms with Gasteiger partial charge in [-0.2, -0.15) is 0 Å². The van der Waals surface area contributed by atoms with E-state index in [4.69, 9.17) is 4.74 Å². The van der Waals surface area contributed by atoms with Crippen LogP contribution < -0.4 is 5.32 Å². The zero-order valence-electron chi connectivity index (χ0n) is 12.6. The number of hydrogen-bond acceptors (Lipinski definition) is 4. The first-order chi connectivity index (χ1) is 11.6. The summed E-state index contributed by atoms with van der Waals surface area (Å²) in [5.41, 5.74) is 0.733. The quantitative estimate of drug-likeness (QED) is 0.647. The van der Waals surface area contributed by atoms with Crippen LogP contribution in [0.1, 0.15) is 11.1 Å². The molecule has 1 amide bonds. The molecule has 0 unspecified atom stereocenters. The van der Waals surface area contributed by atoms with Gasteiger partial charge in [0.15, 0.2) is 0 Å². The number of carbonyl (C=O) groups is 1. The Kier molecular flexibility index (Phi) is 6.01. The van der Waals surface area contributed by atoms with Gasteiger partial charge in [-0.05, 0) is 11.6 Å². The van der Waals surface area contributed by atoms with Gasteiger partial charge in [0.05, 0.1) is 4.92 Å². The third-order valence-corrected chi connectivity index (χ3v) is 3.06. The van der Waals surface area contributed by atoms with Gasteiger partial charge in [-0.3, -0.25) is 10.1 Å². The maximum Gasteiger partial charge on any atom is 0.407 e. The fourth-order valence-corrected chi connectivity index (χ4v) is 1.87. The van der Waals surface area contributed by atoms with Gasteiger partial charge in [0, 0.05) is 24.2 Å². The lowest BCUT2D eigenvalue weighted by Crippen LogP contribution is -2.24. The molecule has 0 saturated carbocycles. The number of amides is 1. The summed E-state index contributed by atoms with van der Waals surface area (Å²) in [4.78, 5) is 21.6. The zero-order chi connectivity index (χ0) is 17.4. The summed E-state index contributed by atoms with van der Waals surface area (Å²) >= 11 is 0. The van der Waals surface area contributed by atoms with E-state index in [0.717, 1.165) is 23.8 Å². The fraction of sp³-hybridized carbons (Fsp3) is 0.118. The van der Waals surface area contributed by atoms with Crippen LogP contribution in [0.2, 0.25) is 0 Å². The second kappa shape index (κ2) is 8.42. The number of nitro benzene ring substituents is 1. The highest BCUT2D eigenvalue weighted by Gasteiger charge is 2.08. The summed E-state index contributed by atoms with van der Waals surface area (Å²) < 4.78 is 18.5. The SMILES string of the molecule is O=C(NCC=Cc1cc([N+](=O)[O-])ccc1F)OCc1ccccc1. The molecular formula is C17H15FN2O4. The highest BCUT2D eigenvalue weighted by atomic mass is 19.1. The number of carbonyl (C=O) groups excluding carboxylic acids is 1. The first-order valence-electron chi connectivity index (χ1n) is 7.11. The van der Waals surface area contributed by atoms with Crippen molar-refractivity contribution in [1.82, 2.24) is 5.32 Å². The van der Waals surface area contributed by atoms with Crippen LogP contribution in [-0.2, 0) is 11.3 Å². The molecule has 0 saturated heterocycles. The van der Waals surface area contributed by atoms with E-state index < -0.39 is 16.8 Å². The molecule has 0 atom stereocenters. The van der Waals surface area contributed by atoms with E-state index in [-0.39, 0.29) is 24.4 Å². The fourth-order valence-electron chi connectivity index (χ4n) is 1.87. The van der Waals surface area contributed by atoms with Gasteiger partial charge in [0.1, 0.15) is 12.4 Å². The predicted molar refractivity (Wildman–Crippen MR) is 86.7 cm³/mol. The van der Waals surface area contributed by atoms with Crippen molar-refractivity contribution in [2.75, 3.05) is 6.54 Å². The van der Waals surface area contributed by atoms with Crippen molar-refractivity contribution in [1.29, 1.82) is 0 Å². The van der Waals surface area contributed by atoms with Gasteiger partial charge in [0.25, 0.3) is 5.69 Å². The molecular weight excluding hydrogens is 315 g/mol. The first-order valence-corrected chi connectivity index (χ1v) is 7.11. The maximum absolute atomic E-state index is 13.5. The van der Waals surface area contributed by atoms with Crippen LogP contribution in [0.5, 0.6) is 0 Å². The van der Waals surface area contributed by atoms with Crippen LogP contribution in [0, 0.1) is 15.9 Å². The zero-order valence-corrected chi connectivity index (χ0v) is 12.6. The smallest absolute Gasteiger partial charge is 0.407 e. The Morgan fingerprint density at radius 1 is 1.25 bits per heavy atom. The van der Waals surface area contributed by atoms with Crippen molar-refractivity contribution in [3.8, 4) is 0 Å². The number of ether oxygens (including phenoxy) is 1. The molecule has 0 aliphatic carbocycles. The molecule has 0 spiro atoms. The van der Waals surface area contributed by atoms with Gasteiger partial charge in [0.2, 0.25) is 0 Å². The van der Waals surface area contributed by atoms with E-state index in [1.807, 2.05) is 30.3 Å². The average molecular weight is 330 g/mol. The molecule has 0 fully saturated rings. The van der Waals surface area contributed by atoms with Gasteiger partial charge in [-0.25, -0.2) is 9.18 Å². The Morgan fingerprint density at radius 2 is 2.00 bits per heavy atom. The summed E-state index contributed by atoms with van der Waals surface area (Å²) in [6.07, 6.45) is 2.23. The molecule has 1 N–H and O–H groups in total. The summed E-state index contributed by atoms with van der Waals surface area (Å²) in [6, 6.07) is 12.4. The number of non-ortho nitro benzene ring substituents is 1. The lowest BCUT2D eigenvalue weighted by molar-refractivity contribution is -0.384. The topological polar surface area (TPSA) is 81.5 Å². The minimum atomic E-state index is -0.608. The maximum atomic E-state index is 13.5. The van der Waals surface area contributed by atoms with Crippen molar-refractivity contribution in [3.63, 3.8) is 0 Å². The summed E-state index contributed by atoms with van der Waals surface area (Å²) in [5.74, 6) is -0.580. The molecule has 0 radical (unpaired) electrons. The highest BCUT2D eigenvalue weighted by Crippen LogP contribution is 2.17. The minimum Gasteiger partial charge on any atom is -0.445 e.